The van der Waals surface area contributed by atoms with Crippen LogP contribution in [0, 0.1) is 0 Å². The van der Waals surface area contributed by atoms with Crippen molar-refractivity contribution in [3.8, 4) is 0 Å². The third-order valence-corrected chi connectivity index (χ3v) is 1.63. The van der Waals surface area contributed by atoms with E-state index in [0.717, 1.165) is 4.90 Å². The van der Waals surface area contributed by atoms with Gasteiger partial charge in [-0.15, -0.1) is 0 Å². The molecule has 0 aromatic rings. The molecule has 0 radical (unpaired) electrons. The first-order chi connectivity index (χ1) is 8.04. The average Bonchev–Trinajstić information content (AvgIpc) is 2.36. The molecular formula is C8H15N3O6. The smallest absolute Gasteiger partial charge is 0.412 e. The van der Waals surface area contributed by atoms with E-state index in [1.165, 1.54) is 21.3 Å². The lowest BCUT2D eigenvalue weighted by Crippen LogP contribution is -2.47. The summed E-state index contributed by atoms with van der Waals surface area (Å²) in [6.07, 6.45) is -2.15. The molecule has 2 N–H and O–H groups in total. The van der Waals surface area contributed by atoms with Crippen molar-refractivity contribution in [2.75, 3.05) is 34.7 Å². The fraction of sp³-hybridized carbons (Fsp3) is 0.625. The first-order valence-electron chi connectivity index (χ1n) is 4.51. The monoisotopic (exact) mass is 249 g/mol. The number of hydrogen-bond acceptors (Lipinski definition) is 6. The van der Waals surface area contributed by atoms with Gasteiger partial charge in [-0.1, -0.05) is 0 Å². The van der Waals surface area contributed by atoms with Crippen LogP contribution < -0.4 is 10.6 Å². The second-order valence-electron chi connectivity index (χ2n) is 2.66. The first-order valence-corrected chi connectivity index (χ1v) is 4.51. The first kappa shape index (κ1) is 14.8. The highest BCUT2D eigenvalue weighted by atomic mass is 16.6. The quantitative estimate of drug-likeness (QED) is 0.522. The molecule has 0 bridgehead atoms. The molecule has 0 heterocycles. The number of nitrogens with one attached hydrogen (secondary N) is 2. The van der Waals surface area contributed by atoms with E-state index in [1.807, 2.05) is 0 Å². The molecule has 0 aromatic heterocycles. The van der Waals surface area contributed by atoms with E-state index in [-0.39, 0.29) is 13.3 Å². The zero-order valence-electron chi connectivity index (χ0n) is 9.81. The molecule has 98 valence electrons. The van der Waals surface area contributed by atoms with Gasteiger partial charge in [0.2, 0.25) is 0 Å². The van der Waals surface area contributed by atoms with Gasteiger partial charge >= 0.3 is 18.3 Å². The van der Waals surface area contributed by atoms with E-state index in [0.29, 0.717) is 0 Å². The Morgan fingerprint density at radius 1 is 0.882 bits per heavy atom. The summed E-state index contributed by atoms with van der Waals surface area (Å²) in [5, 5.41) is 4.52. The Bertz CT molecular complexity index is 262. The van der Waals surface area contributed by atoms with Crippen molar-refractivity contribution in [2.24, 2.45) is 0 Å². The summed E-state index contributed by atoms with van der Waals surface area (Å²) >= 11 is 0. The minimum atomic E-state index is -0.724. The number of alkyl carbamates (subject to hydrolysis) is 2. The predicted octanol–water partition coefficient (Wildman–Crippen LogP) is -0.318. The van der Waals surface area contributed by atoms with Gasteiger partial charge in [-0.3, -0.25) is 4.90 Å². The summed E-state index contributed by atoms with van der Waals surface area (Å²) in [6.45, 7) is -0.354. The van der Waals surface area contributed by atoms with Crippen molar-refractivity contribution in [1.82, 2.24) is 15.5 Å². The SMILES string of the molecule is COC(=O)NCN(CNC(=O)OC)C(=O)OC. The van der Waals surface area contributed by atoms with E-state index in [4.69, 9.17) is 0 Å². The average molecular weight is 249 g/mol. The number of carbonyl (C=O) groups is 3. The highest BCUT2D eigenvalue weighted by Crippen LogP contribution is 1.90. The van der Waals surface area contributed by atoms with Crippen molar-refractivity contribution in [3.63, 3.8) is 0 Å². The predicted molar refractivity (Wildman–Crippen MR) is 55.1 cm³/mol. The van der Waals surface area contributed by atoms with E-state index >= 15 is 0 Å². The number of carbonyl (C=O) groups excluding carboxylic acids is 3. The van der Waals surface area contributed by atoms with Crippen molar-refractivity contribution in [1.29, 1.82) is 0 Å². The van der Waals surface area contributed by atoms with Crippen LogP contribution in [0.25, 0.3) is 0 Å². The zero-order chi connectivity index (χ0) is 13.3. The number of ether oxygens (including phenoxy) is 3. The highest BCUT2D eigenvalue weighted by molar-refractivity contribution is 5.71. The van der Waals surface area contributed by atoms with Gasteiger partial charge < -0.3 is 24.8 Å². The molecular weight excluding hydrogens is 234 g/mol. The number of nitrogens with zero attached hydrogens (tertiary/aromatic N) is 1. The Morgan fingerprint density at radius 2 is 1.29 bits per heavy atom. The van der Waals surface area contributed by atoms with E-state index in [9.17, 15) is 14.4 Å². The summed E-state index contributed by atoms with van der Waals surface area (Å²) in [5.74, 6) is 0. The van der Waals surface area contributed by atoms with Gasteiger partial charge in [0.15, 0.2) is 0 Å². The maximum absolute atomic E-state index is 11.2. The van der Waals surface area contributed by atoms with Crippen LogP contribution in [0.4, 0.5) is 14.4 Å². The van der Waals surface area contributed by atoms with E-state index in [1.54, 1.807) is 0 Å². The summed E-state index contributed by atoms with van der Waals surface area (Å²) in [5.41, 5.74) is 0. The molecule has 0 aliphatic rings. The molecule has 0 saturated heterocycles. The van der Waals surface area contributed by atoms with Crippen molar-refractivity contribution in [2.45, 2.75) is 0 Å². The number of hydrogen-bond donors (Lipinski definition) is 2. The van der Waals surface area contributed by atoms with Crippen LogP contribution in [0.1, 0.15) is 0 Å². The number of methoxy groups -OCH3 is 3. The summed E-state index contributed by atoms with van der Waals surface area (Å²) in [6, 6.07) is 0. The minimum absolute atomic E-state index is 0.177. The van der Waals surface area contributed by atoms with Gasteiger partial charge in [0.05, 0.1) is 21.3 Å². The number of rotatable bonds is 4. The molecule has 0 atom stereocenters. The van der Waals surface area contributed by atoms with Gasteiger partial charge in [0.1, 0.15) is 13.3 Å². The third kappa shape index (κ3) is 6.07. The molecule has 0 unspecified atom stereocenters. The van der Waals surface area contributed by atoms with E-state index < -0.39 is 18.3 Å². The molecule has 0 aliphatic carbocycles. The van der Waals surface area contributed by atoms with Crippen LogP contribution in [0.2, 0.25) is 0 Å². The second-order valence-corrected chi connectivity index (χ2v) is 2.66. The molecule has 0 fully saturated rings. The molecule has 0 saturated carbocycles. The molecule has 0 aliphatic heterocycles. The Labute approximate surface area is 98.0 Å². The standard InChI is InChI=1S/C8H15N3O6/c1-15-6(12)9-4-11(8(14)17-3)5-10-7(13)16-2/h4-5H2,1-3H3,(H,9,12)(H,10,13). The van der Waals surface area contributed by atoms with Gasteiger partial charge in [-0.05, 0) is 0 Å². The van der Waals surface area contributed by atoms with Crippen molar-refractivity contribution >= 4 is 18.3 Å². The van der Waals surface area contributed by atoms with Gasteiger partial charge in [-0.25, -0.2) is 14.4 Å². The topological polar surface area (TPSA) is 106 Å². The highest BCUT2D eigenvalue weighted by Gasteiger charge is 2.15. The molecule has 9 nitrogen and oxygen atoms in total. The van der Waals surface area contributed by atoms with Crippen molar-refractivity contribution in [3.05, 3.63) is 0 Å². The zero-order valence-corrected chi connectivity index (χ0v) is 9.81. The number of amides is 3. The normalized spacial score (nSPS) is 8.88. The maximum atomic E-state index is 11.2. The molecule has 0 spiro atoms. The van der Waals surface area contributed by atoms with Crippen LogP contribution in [-0.2, 0) is 14.2 Å². The van der Waals surface area contributed by atoms with Crippen LogP contribution in [-0.4, -0.2) is 57.8 Å². The van der Waals surface area contributed by atoms with Gasteiger partial charge in [-0.2, -0.15) is 0 Å². The van der Waals surface area contributed by atoms with Gasteiger partial charge in [0.25, 0.3) is 0 Å². The summed E-state index contributed by atoms with van der Waals surface area (Å²) in [4.78, 5) is 33.8. The summed E-state index contributed by atoms with van der Waals surface area (Å²) in [7, 11) is 3.54. The maximum Gasteiger partial charge on any atom is 0.412 e. The fourth-order valence-corrected chi connectivity index (χ4v) is 0.778. The third-order valence-electron chi connectivity index (χ3n) is 1.63. The Balaban J connectivity index is 4.19. The Kier molecular flexibility index (Phi) is 6.99. The molecule has 17 heavy (non-hydrogen) atoms. The largest absolute Gasteiger partial charge is 0.453 e. The van der Waals surface area contributed by atoms with E-state index in [2.05, 4.69) is 24.8 Å². The lowest BCUT2D eigenvalue weighted by Gasteiger charge is -2.21. The Morgan fingerprint density at radius 3 is 1.59 bits per heavy atom. The van der Waals surface area contributed by atoms with Crippen LogP contribution in [0.5, 0.6) is 0 Å². The molecule has 3 amide bonds. The molecule has 0 rings (SSSR count). The van der Waals surface area contributed by atoms with Crippen LogP contribution in [0.15, 0.2) is 0 Å². The minimum Gasteiger partial charge on any atom is -0.453 e. The van der Waals surface area contributed by atoms with Gasteiger partial charge in [0, 0.05) is 0 Å². The Hall–Kier alpha value is -2.19. The van der Waals surface area contributed by atoms with Crippen LogP contribution >= 0.6 is 0 Å². The molecule has 9 heteroatoms. The lowest BCUT2D eigenvalue weighted by molar-refractivity contribution is 0.110. The lowest BCUT2D eigenvalue weighted by atomic mass is 10.7. The van der Waals surface area contributed by atoms with Crippen LogP contribution in [0.3, 0.4) is 0 Å². The van der Waals surface area contributed by atoms with Crippen molar-refractivity contribution < 1.29 is 28.6 Å². The second kappa shape index (κ2) is 8.02. The molecule has 0 aromatic carbocycles. The fourth-order valence-electron chi connectivity index (χ4n) is 0.778. The summed E-state index contributed by atoms with van der Waals surface area (Å²) < 4.78 is 13.1.